The molecule has 0 N–H and O–H groups in total. The van der Waals surface area contributed by atoms with E-state index in [-0.39, 0.29) is 11.7 Å². The van der Waals surface area contributed by atoms with E-state index in [4.69, 9.17) is 9.47 Å². The average molecular weight is 188 g/mol. The number of hydrogen-bond acceptors (Lipinski definition) is 3. The van der Waals surface area contributed by atoms with Gasteiger partial charge in [0.1, 0.15) is 5.78 Å². The molecule has 3 heteroatoms. The number of hydrogen-bond donors (Lipinski definition) is 0. The minimum absolute atomic E-state index is 0.172. The van der Waals surface area contributed by atoms with Gasteiger partial charge < -0.3 is 9.47 Å². The van der Waals surface area contributed by atoms with Gasteiger partial charge in [0.2, 0.25) is 0 Å². The molecule has 3 nitrogen and oxygen atoms in total. The van der Waals surface area contributed by atoms with Gasteiger partial charge in [-0.2, -0.15) is 0 Å². The maximum absolute atomic E-state index is 10.8. The Kier molecular flexibility index (Phi) is 7.94. The third kappa shape index (κ3) is 7.94. The molecule has 78 valence electrons. The summed E-state index contributed by atoms with van der Waals surface area (Å²) in [5.74, 6) is 0.433. The Labute approximate surface area is 80.4 Å². The van der Waals surface area contributed by atoms with E-state index >= 15 is 0 Å². The fraction of sp³-hybridized carbons (Fsp3) is 0.900. The molecular formula is C10H20O3. The maximum atomic E-state index is 10.8. The van der Waals surface area contributed by atoms with Crippen LogP contribution in [-0.2, 0) is 14.3 Å². The molecule has 1 atom stereocenters. The van der Waals surface area contributed by atoms with E-state index in [2.05, 4.69) is 0 Å². The van der Waals surface area contributed by atoms with Crippen LogP contribution in [0.3, 0.4) is 0 Å². The van der Waals surface area contributed by atoms with Crippen molar-refractivity contribution in [2.75, 3.05) is 26.9 Å². The van der Waals surface area contributed by atoms with Crippen molar-refractivity contribution < 1.29 is 14.3 Å². The van der Waals surface area contributed by atoms with Crippen LogP contribution in [0.1, 0.15) is 26.7 Å². The summed E-state index contributed by atoms with van der Waals surface area (Å²) in [6.07, 6.45) is 1.87. The van der Waals surface area contributed by atoms with Gasteiger partial charge in [-0.1, -0.05) is 6.92 Å². The molecule has 0 spiro atoms. The predicted molar refractivity (Wildman–Crippen MR) is 51.8 cm³/mol. The van der Waals surface area contributed by atoms with E-state index < -0.39 is 0 Å². The molecule has 0 aromatic rings. The molecule has 0 radical (unpaired) electrons. The first-order valence-corrected chi connectivity index (χ1v) is 4.75. The lowest BCUT2D eigenvalue weighted by Gasteiger charge is -2.07. The Morgan fingerprint density at radius 3 is 2.54 bits per heavy atom. The average Bonchev–Trinajstić information content (AvgIpc) is 2.10. The minimum atomic E-state index is 0.172. The van der Waals surface area contributed by atoms with E-state index in [0.717, 1.165) is 19.4 Å². The van der Waals surface area contributed by atoms with Crippen LogP contribution >= 0.6 is 0 Å². The molecule has 13 heavy (non-hydrogen) atoms. The molecule has 0 rings (SSSR count). The number of Topliss-reactive ketones (excluding diaryl/α,β-unsaturated/α-hetero) is 1. The second kappa shape index (κ2) is 8.20. The van der Waals surface area contributed by atoms with E-state index in [1.54, 1.807) is 14.0 Å². The zero-order chi connectivity index (χ0) is 10.1. The Balaban J connectivity index is 3.11. The highest BCUT2D eigenvalue weighted by Crippen LogP contribution is 2.06. The summed E-state index contributed by atoms with van der Waals surface area (Å²) in [6, 6.07) is 0. The first kappa shape index (κ1) is 12.6. The second-order valence-corrected chi connectivity index (χ2v) is 3.26. The summed E-state index contributed by atoms with van der Waals surface area (Å²) < 4.78 is 10.1. The summed E-state index contributed by atoms with van der Waals surface area (Å²) in [4.78, 5) is 10.8. The van der Waals surface area contributed by atoms with Crippen molar-refractivity contribution in [2.45, 2.75) is 26.7 Å². The predicted octanol–water partition coefficient (Wildman–Crippen LogP) is 1.65. The van der Waals surface area contributed by atoms with Crippen LogP contribution < -0.4 is 0 Å². The topological polar surface area (TPSA) is 35.5 Å². The highest BCUT2D eigenvalue weighted by Gasteiger charge is 2.05. The van der Waals surface area contributed by atoms with E-state index in [1.165, 1.54) is 0 Å². The van der Waals surface area contributed by atoms with Crippen molar-refractivity contribution in [3.8, 4) is 0 Å². The molecule has 0 aliphatic heterocycles. The van der Waals surface area contributed by atoms with Crippen molar-refractivity contribution in [1.29, 1.82) is 0 Å². The smallest absolute Gasteiger partial charge is 0.132 e. The van der Waals surface area contributed by atoms with Gasteiger partial charge in [0.15, 0.2) is 0 Å². The summed E-state index contributed by atoms with van der Waals surface area (Å²) in [7, 11) is 1.65. The highest BCUT2D eigenvalue weighted by atomic mass is 16.5. The molecule has 0 fully saturated rings. The van der Waals surface area contributed by atoms with Crippen LogP contribution in [0.25, 0.3) is 0 Å². The third-order valence-electron chi connectivity index (χ3n) is 2.05. The summed E-state index contributed by atoms with van der Waals surface area (Å²) in [6.45, 7) is 5.60. The second-order valence-electron chi connectivity index (χ2n) is 3.26. The van der Waals surface area contributed by atoms with Crippen molar-refractivity contribution in [3.63, 3.8) is 0 Å². The highest BCUT2D eigenvalue weighted by molar-refractivity contribution is 5.77. The zero-order valence-electron chi connectivity index (χ0n) is 8.84. The fourth-order valence-corrected chi connectivity index (χ4v) is 0.939. The maximum Gasteiger partial charge on any atom is 0.132 e. The first-order valence-electron chi connectivity index (χ1n) is 4.75. The molecule has 0 aliphatic carbocycles. The molecule has 0 heterocycles. The molecule has 0 bridgehead atoms. The molecule has 0 aromatic heterocycles. The number of ketones is 1. The molecule has 1 unspecified atom stereocenters. The lowest BCUT2D eigenvalue weighted by molar-refractivity contribution is -0.120. The van der Waals surface area contributed by atoms with Crippen LogP contribution in [0.15, 0.2) is 0 Å². The standard InChI is InChI=1S/C10H20O3/c1-9(10(2)11)5-4-6-13-8-7-12-3/h9H,4-8H2,1-3H3. The van der Waals surface area contributed by atoms with Gasteiger partial charge in [-0.15, -0.1) is 0 Å². The third-order valence-corrected chi connectivity index (χ3v) is 2.05. The first-order chi connectivity index (χ1) is 6.18. The van der Waals surface area contributed by atoms with Gasteiger partial charge in [-0.05, 0) is 19.8 Å². The Hall–Kier alpha value is -0.410. The number of carbonyl (C=O) groups excluding carboxylic acids is 1. The van der Waals surface area contributed by atoms with E-state index in [0.29, 0.717) is 13.2 Å². The van der Waals surface area contributed by atoms with Crippen LogP contribution in [0.4, 0.5) is 0 Å². The van der Waals surface area contributed by atoms with Gasteiger partial charge >= 0.3 is 0 Å². The van der Waals surface area contributed by atoms with Crippen molar-refractivity contribution >= 4 is 5.78 Å². The number of methoxy groups -OCH3 is 1. The molecule has 0 amide bonds. The summed E-state index contributed by atoms with van der Waals surface area (Å²) in [5, 5.41) is 0. The lowest BCUT2D eigenvalue weighted by Crippen LogP contribution is -2.08. The number of ether oxygens (including phenoxy) is 2. The largest absolute Gasteiger partial charge is 0.382 e. The monoisotopic (exact) mass is 188 g/mol. The SMILES string of the molecule is COCCOCCCC(C)C(C)=O. The minimum Gasteiger partial charge on any atom is -0.382 e. The molecule has 0 aromatic carbocycles. The van der Waals surface area contributed by atoms with Gasteiger partial charge in [-0.3, -0.25) is 4.79 Å². The Bertz CT molecular complexity index is 134. The van der Waals surface area contributed by atoms with Crippen LogP contribution in [0.5, 0.6) is 0 Å². The van der Waals surface area contributed by atoms with E-state index in [9.17, 15) is 4.79 Å². The van der Waals surface area contributed by atoms with Crippen molar-refractivity contribution in [3.05, 3.63) is 0 Å². The normalized spacial score (nSPS) is 12.8. The number of carbonyl (C=O) groups is 1. The molecule has 0 saturated heterocycles. The van der Waals surface area contributed by atoms with Crippen LogP contribution in [-0.4, -0.2) is 32.7 Å². The Morgan fingerprint density at radius 1 is 1.31 bits per heavy atom. The fourth-order valence-electron chi connectivity index (χ4n) is 0.939. The van der Waals surface area contributed by atoms with Gasteiger partial charge in [0.05, 0.1) is 13.2 Å². The lowest BCUT2D eigenvalue weighted by atomic mass is 10.0. The Morgan fingerprint density at radius 2 is 2.00 bits per heavy atom. The van der Waals surface area contributed by atoms with Gasteiger partial charge in [0.25, 0.3) is 0 Å². The molecule has 0 aliphatic rings. The van der Waals surface area contributed by atoms with Gasteiger partial charge in [-0.25, -0.2) is 0 Å². The quantitative estimate of drug-likeness (QED) is 0.543. The zero-order valence-corrected chi connectivity index (χ0v) is 8.84. The van der Waals surface area contributed by atoms with Crippen molar-refractivity contribution in [1.82, 2.24) is 0 Å². The summed E-state index contributed by atoms with van der Waals surface area (Å²) in [5.41, 5.74) is 0. The molecule has 0 saturated carbocycles. The van der Waals surface area contributed by atoms with Crippen LogP contribution in [0, 0.1) is 5.92 Å². The number of rotatable bonds is 8. The van der Waals surface area contributed by atoms with Gasteiger partial charge in [0, 0.05) is 19.6 Å². The van der Waals surface area contributed by atoms with E-state index in [1.807, 2.05) is 6.92 Å². The van der Waals surface area contributed by atoms with Crippen LogP contribution in [0.2, 0.25) is 0 Å². The summed E-state index contributed by atoms with van der Waals surface area (Å²) >= 11 is 0. The van der Waals surface area contributed by atoms with Crippen molar-refractivity contribution in [2.24, 2.45) is 5.92 Å². The molecular weight excluding hydrogens is 168 g/mol.